The molecule has 0 radical (unpaired) electrons. The summed E-state index contributed by atoms with van der Waals surface area (Å²) in [5.74, 6) is -3.34. The summed E-state index contributed by atoms with van der Waals surface area (Å²) in [4.78, 5) is 24.5. The molecule has 2 atom stereocenters. The van der Waals surface area contributed by atoms with Crippen LogP contribution < -0.4 is 11.1 Å². The molecule has 1 amide bonds. The number of nitrogens with two attached hydrogens (primary N) is 1. The predicted molar refractivity (Wildman–Crippen MR) is 90.0 cm³/mol. The van der Waals surface area contributed by atoms with Crippen molar-refractivity contribution in [3.63, 3.8) is 0 Å². The lowest BCUT2D eigenvalue weighted by Crippen LogP contribution is -2.51. The Balaban J connectivity index is 1.85. The van der Waals surface area contributed by atoms with Gasteiger partial charge in [0.15, 0.2) is 0 Å². The molecule has 0 bridgehead atoms. The van der Waals surface area contributed by atoms with Gasteiger partial charge in [0.2, 0.25) is 11.8 Å². The average molecular weight is 360 g/mol. The van der Waals surface area contributed by atoms with Gasteiger partial charge in [-0.2, -0.15) is 0 Å². The molecule has 0 aromatic carbocycles. The molecule has 5 nitrogen and oxygen atoms in total. The highest BCUT2D eigenvalue weighted by Crippen LogP contribution is 2.44. The van der Waals surface area contributed by atoms with Gasteiger partial charge in [0.25, 0.3) is 0 Å². The summed E-state index contributed by atoms with van der Waals surface area (Å²) in [6.45, 7) is 1.97. The smallest absolute Gasteiger partial charge is 0.328 e. The van der Waals surface area contributed by atoms with E-state index in [1.54, 1.807) is 6.92 Å². The van der Waals surface area contributed by atoms with E-state index < -0.39 is 29.9 Å². The van der Waals surface area contributed by atoms with Crippen LogP contribution in [-0.4, -0.2) is 36.5 Å². The number of halogens is 2. The fourth-order valence-corrected chi connectivity index (χ4v) is 3.91. The Morgan fingerprint density at radius 2 is 1.80 bits per heavy atom. The lowest BCUT2D eigenvalue weighted by molar-refractivity contribution is -0.148. The number of hydrogen-bond donors (Lipinski definition) is 2. The first-order chi connectivity index (χ1) is 11.8. The first-order valence-corrected chi connectivity index (χ1v) is 9.41. The number of carbonyl (C=O) groups is 2. The number of amides is 1. The Kier molecular flexibility index (Phi) is 7.16. The third kappa shape index (κ3) is 6.20. The maximum Gasteiger partial charge on any atom is 0.328 e. The number of carbonyl (C=O) groups excluding carboxylic acids is 2. The molecule has 3 N–H and O–H groups in total. The summed E-state index contributed by atoms with van der Waals surface area (Å²) in [7, 11) is 0. The van der Waals surface area contributed by atoms with Crippen molar-refractivity contribution in [2.24, 2.45) is 17.6 Å². The molecule has 0 aromatic heterocycles. The number of esters is 1. The predicted octanol–water partition coefficient (Wildman–Crippen LogP) is 2.77. The molecule has 7 heteroatoms. The third-order valence-corrected chi connectivity index (χ3v) is 5.28. The molecular formula is C18H30F2N2O3. The molecule has 0 heterocycles. The van der Waals surface area contributed by atoms with Crippen molar-refractivity contribution in [1.82, 2.24) is 5.32 Å². The first kappa shape index (κ1) is 20.1. The van der Waals surface area contributed by atoms with E-state index in [1.807, 2.05) is 0 Å². The normalized spacial score (nSPS) is 23.4. The molecule has 2 saturated carbocycles. The van der Waals surface area contributed by atoms with E-state index in [9.17, 15) is 18.4 Å². The number of rotatable bonds is 8. The summed E-state index contributed by atoms with van der Waals surface area (Å²) in [6.07, 6.45) is 5.95. The Hall–Kier alpha value is -1.24. The lowest BCUT2D eigenvalue weighted by Gasteiger charge is -2.36. The number of nitrogens with one attached hydrogen (secondary N) is 1. The van der Waals surface area contributed by atoms with Gasteiger partial charge in [-0.05, 0) is 31.6 Å². The van der Waals surface area contributed by atoms with Crippen LogP contribution in [0.25, 0.3) is 0 Å². The first-order valence-electron chi connectivity index (χ1n) is 9.41. The summed E-state index contributed by atoms with van der Waals surface area (Å²) in [6, 6.07) is -1.58. The van der Waals surface area contributed by atoms with Crippen LogP contribution in [0.4, 0.5) is 8.78 Å². The minimum absolute atomic E-state index is 0.211. The molecule has 144 valence electrons. The van der Waals surface area contributed by atoms with Crippen LogP contribution in [0.1, 0.15) is 64.7 Å². The fourth-order valence-electron chi connectivity index (χ4n) is 3.91. The van der Waals surface area contributed by atoms with Crippen molar-refractivity contribution >= 4 is 11.9 Å². The van der Waals surface area contributed by atoms with Gasteiger partial charge in [-0.25, -0.2) is 13.6 Å². The van der Waals surface area contributed by atoms with Gasteiger partial charge in [0.1, 0.15) is 6.04 Å². The van der Waals surface area contributed by atoms with Crippen LogP contribution in [0.3, 0.4) is 0 Å². The highest BCUT2D eigenvalue weighted by molar-refractivity contribution is 5.87. The van der Waals surface area contributed by atoms with Crippen molar-refractivity contribution in [3.8, 4) is 0 Å². The van der Waals surface area contributed by atoms with Gasteiger partial charge in [-0.3, -0.25) is 4.79 Å². The Bertz CT molecular complexity index is 459. The average Bonchev–Trinajstić information content (AvgIpc) is 2.53. The largest absolute Gasteiger partial charge is 0.464 e. The molecular weight excluding hydrogens is 330 g/mol. The number of hydrogen-bond acceptors (Lipinski definition) is 4. The van der Waals surface area contributed by atoms with E-state index in [1.165, 1.54) is 6.42 Å². The second kappa shape index (κ2) is 8.92. The van der Waals surface area contributed by atoms with E-state index >= 15 is 0 Å². The van der Waals surface area contributed by atoms with Gasteiger partial charge in [-0.15, -0.1) is 0 Å². The maximum atomic E-state index is 12.9. The van der Waals surface area contributed by atoms with E-state index in [0.29, 0.717) is 12.3 Å². The molecule has 2 rings (SSSR count). The van der Waals surface area contributed by atoms with Crippen LogP contribution in [0, 0.1) is 11.8 Å². The minimum atomic E-state index is -2.62. The topological polar surface area (TPSA) is 81.4 Å². The van der Waals surface area contributed by atoms with E-state index in [-0.39, 0.29) is 31.8 Å². The monoisotopic (exact) mass is 360 g/mol. The zero-order chi connectivity index (χ0) is 18.4. The quantitative estimate of drug-likeness (QED) is 0.652. The van der Waals surface area contributed by atoms with E-state index in [4.69, 9.17) is 10.5 Å². The summed E-state index contributed by atoms with van der Waals surface area (Å²) in [5, 5.41) is 2.70. The highest BCUT2D eigenvalue weighted by Gasteiger charge is 2.46. The lowest BCUT2D eigenvalue weighted by atomic mass is 9.77. The van der Waals surface area contributed by atoms with E-state index in [0.717, 1.165) is 25.7 Å². The summed E-state index contributed by atoms with van der Waals surface area (Å²) >= 11 is 0. The van der Waals surface area contributed by atoms with Crippen molar-refractivity contribution in [1.29, 1.82) is 0 Å². The fraction of sp³-hybridized carbons (Fsp3) is 0.889. The second-order valence-electron chi connectivity index (χ2n) is 7.53. The van der Waals surface area contributed by atoms with Gasteiger partial charge in [0, 0.05) is 12.8 Å². The molecule has 2 aliphatic carbocycles. The zero-order valence-corrected chi connectivity index (χ0v) is 14.9. The number of ether oxygens (including phenoxy) is 1. The summed E-state index contributed by atoms with van der Waals surface area (Å²) in [5.41, 5.74) is 5.86. The molecule has 2 unspecified atom stereocenters. The zero-order valence-electron chi connectivity index (χ0n) is 14.9. The van der Waals surface area contributed by atoms with E-state index in [2.05, 4.69) is 5.32 Å². The standard InChI is InChI=1S/C18H30F2N2O3/c1-2-25-17(24)15(9-12-6-4-3-5-7-12)22-16(23)14(21)8-13-10-18(19,20)11-13/h12-15H,2-11,21H2,1H3,(H,22,23). The summed E-state index contributed by atoms with van der Waals surface area (Å²) < 4.78 is 30.9. The van der Waals surface area contributed by atoms with Crippen molar-refractivity contribution in [2.45, 2.75) is 82.7 Å². The van der Waals surface area contributed by atoms with Crippen LogP contribution in [-0.2, 0) is 14.3 Å². The molecule has 2 aliphatic rings. The number of alkyl halides is 2. The van der Waals surface area contributed by atoms with Gasteiger partial charge >= 0.3 is 5.97 Å². The Morgan fingerprint density at radius 1 is 1.16 bits per heavy atom. The van der Waals surface area contributed by atoms with Crippen LogP contribution in [0.5, 0.6) is 0 Å². The molecule has 0 aliphatic heterocycles. The minimum Gasteiger partial charge on any atom is -0.464 e. The third-order valence-electron chi connectivity index (χ3n) is 5.28. The Labute approximate surface area is 148 Å². The maximum absolute atomic E-state index is 12.9. The molecule has 2 fully saturated rings. The Morgan fingerprint density at radius 3 is 2.36 bits per heavy atom. The molecule has 0 aromatic rings. The highest BCUT2D eigenvalue weighted by atomic mass is 19.3. The van der Waals surface area contributed by atoms with Crippen molar-refractivity contribution in [3.05, 3.63) is 0 Å². The molecule has 0 saturated heterocycles. The van der Waals surface area contributed by atoms with Crippen molar-refractivity contribution < 1.29 is 23.1 Å². The second-order valence-corrected chi connectivity index (χ2v) is 7.53. The SMILES string of the molecule is CCOC(=O)C(CC1CCCCC1)NC(=O)C(N)CC1CC(F)(F)C1. The van der Waals surface area contributed by atoms with Gasteiger partial charge in [0.05, 0.1) is 12.6 Å². The van der Waals surface area contributed by atoms with Gasteiger partial charge < -0.3 is 15.8 Å². The van der Waals surface area contributed by atoms with Crippen LogP contribution in [0.15, 0.2) is 0 Å². The van der Waals surface area contributed by atoms with Crippen LogP contribution in [0.2, 0.25) is 0 Å². The van der Waals surface area contributed by atoms with Crippen LogP contribution >= 0.6 is 0 Å². The molecule has 25 heavy (non-hydrogen) atoms. The van der Waals surface area contributed by atoms with Crippen molar-refractivity contribution in [2.75, 3.05) is 6.61 Å². The van der Waals surface area contributed by atoms with Gasteiger partial charge in [-0.1, -0.05) is 32.1 Å². The molecule has 0 spiro atoms.